The lowest BCUT2D eigenvalue weighted by Gasteiger charge is -2.07. The van der Waals surface area contributed by atoms with Gasteiger partial charge in [0.1, 0.15) is 5.75 Å². The van der Waals surface area contributed by atoms with Gasteiger partial charge in [0.15, 0.2) is 5.78 Å². The van der Waals surface area contributed by atoms with Crippen LogP contribution in [0.4, 0.5) is 0 Å². The summed E-state index contributed by atoms with van der Waals surface area (Å²) in [4.78, 5) is 12.1. The zero-order chi connectivity index (χ0) is 13.0. The first-order valence-corrected chi connectivity index (χ1v) is 5.85. The molecule has 0 aliphatic rings. The van der Waals surface area contributed by atoms with E-state index in [-0.39, 0.29) is 5.78 Å². The summed E-state index contributed by atoms with van der Waals surface area (Å²) in [5.41, 5.74) is 1.69. The zero-order valence-corrected chi connectivity index (χ0v) is 10.6. The van der Waals surface area contributed by atoms with Gasteiger partial charge in [0.25, 0.3) is 0 Å². The van der Waals surface area contributed by atoms with Crippen LogP contribution in [0.3, 0.4) is 0 Å². The fourth-order valence-corrected chi connectivity index (χ4v) is 1.90. The number of carbonyl (C=O) groups excluding carboxylic acids is 1. The van der Waals surface area contributed by atoms with Crippen molar-refractivity contribution in [2.45, 2.75) is 12.8 Å². The number of ether oxygens (including phenoxy) is 1. The molecule has 0 N–H and O–H groups in total. The number of Topliss-reactive ketones (excluding diaryl/α,β-unsaturated/α-hetero) is 1. The molecule has 0 aliphatic heterocycles. The number of aromatic nitrogens is 2. The Morgan fingerprint density at radius 3 is 2.78 bits per heavy atom. The summed E-state index contributed by atoms with van der Waals surface area (Å²) in [6.07, 6.45) is 2.89. The molecule has 1 heterocycles. The number of aryl methyl sites for hydroxylation is 2. The molecule has 1 aromatic carbocycles. The van der Waals surface area contributed by atoms with Gasteiger partial charge in [-0.3, -0.25) is 9.48 Å². The first kappa shape index (κ1) is 12.4. The molecule has 4 heteroatoms. The summed E-state index contributed by atoms with van der Waals surface area (Å²) in [5.74, 6) is 0.723. The SMILES string of the molecule is COc1ccccc1C(=O)CCc1ccnn1C. The Kier molecular flexibility index (Phi) is 3.77. The number of hydrogen-bond acceptors (Lipinski definition) is 3. The highest BCUT2D eigenvalue weighted by Crippen LogP contribution is 2.19. The quantitative estimate of drug-likeness (QED) is 0.758. The van der Waals surface area contributed by atoms with Gasteiger partial charge in [0, 0.05) is 25.4 Å². The minimum absolute atomic E-state index is 0.0913. The highest BCUT2D eigenvalue weighted by atomic mass is 16.5. The third-order valence-corrected chi connectivity index (χ3v) is 2.94. The summed E-state index contributed by atoms with van der Waals surface area (Å²) < 4.78 is 6.98. The Morgan fingerprint density at radius 1 is 1.33 bits per heavy atom. The molecule has 0 spiro atoms. The van der Waals surface area contributed by atoms with Gasteiger partial charge in [-0.1, -0.05) is 12.1 Å². The lowest BCUT2D eigenvalue weighted by Crippen LogP contribution is -2.06. The number of methoxy groups -OCH3 is 1. The van der Waals surface area contributed by atoms with E-state index in [1.807, 2.05) is 25.2 Å². The lowest BCUT2D eigenvalue weighted by atomic mass is 10.0. The van der Waals surface area contributed by atoms with E-state index in [9.17, 15) is 4.79 Å². The van der Waals surface area contributed by atoms with Crippen LogP contribution in [0.5, 0.6) is 5.75 Å². The van der Waals surface area contributed by atoms with Gasteiger partial charge in [0.05, 0.1) is 12.7 Å². The Hall–Kier alpha value is -2.10. The first-order chi connectivity index (χ1) is 8.72. The van der Waals surface area contributed by atoms with E-state index in [1.165, 1.54) is 0 Å². The number of nitrogens with zero attached hydrogens (tertiary/aromatic N) is 2. The van der Waals surface area contributed by atoms with E-state index in [0.29, 0.717) is 24.2 Å². The number of para-hydroxylation sites is 1. The van der Waals surface area contributed by atoms with Crippen LogP contribution in [0.1, 0.15) is 22.5 Å². The third kappa shape index (κ3) is 2.59. The Morgan fingerprint density at radius 2 is 2.11 bits per heavy atom. The first-order valence-electron chi connectivity index (χ1n) is 5.85. The van der Waals surface area contributed by atoms with Crippen LogP contribution in [0.15, 0.2) is 36.5 Å². The largest absolute Gasteiger partial charge is 0.496 e. The number of ketones is 1. The Balaban J connectivity index is 2.06. The standard InChI is InChI=1S/C14H16N2O2/c1-16-11(9-10-15-16)7-8-13(17)12-5-3-4-6-14(12)18-2/h3-6,9-10H,7-8H2,1-2H3. The minimum Gasteiger partial charge on any atom is -0.496 e. The summed E-state index contributed by atoms with van der Waals surface area (Å²) >= 11 is 0. The van der Waals surface area contributed by atoms with Crippen molar-refractivity contribution in [3.63, 3.8) is 0 Å². The predicted octanol–water partition coefficient (Wildman–Crippen LogP) is 2.24. The molecule has 0 radical (unpaired) electrons. The maximum atomic E-state index is 12.1. The van der Waals surface area contributed by atoms with Crippen LogP contribution < -0.4 is 4.74 Å². The zero-order valence-electron chi connectivity index (χ0n) is 10.6. The molecule has 0 atom stereocenters. The molecule has 2 rings (SSSR count). The maximum absolute atomic E-state index is 12.1. The smallest absolute Gasteiger partial charge is 0.166 e. The third-order valence-electron chi connectivity index (χ3n) is 2.94. The normalized spacial score (nSPS) is 10.3. The van der Waals surface area contributed by atoms with Crippen molar-refractivity contribution >= 4 is 5.78 Å². The van der Waals surface area contributed by atoms with Crippen molar-refractivity contribution < 1.29 is 9.53 Å². The Labute approximate surface area is 106 Å². The van der Waals surface area contributed by atoms with Gasteiger partial charge < -0.3 is 4.74 Å². The minimum atomic E-state index is 0.0913. The van der Waals surface area contributed by atoms with Crippen LogP contribution >= 0.6 is 0 Å². The van der Waals surface area contributed by atoms with Crippen molar-refractivity contribution in [3.8, 4) is 5.75 Å². The van der Waals surface area contributed by atoms with Crippen molar-refractivity contribution in [2.75, 3.05) is 7.11 Å². The van der Waals surface area contributed by atoms with E-state index < -0.39 is 0 Å². The van der Waals surface area contributed by atoms with Crippen LogP contribution in [0.25, 0.3) is 0 Å². The van der Waals surface area contributed by atoms with Gasteiger partial charge in [-0.25, -0.2) is 0 Å². The molecule has 0 amide bonds. The second-order valence-electron chi connectivity index (χ2n) is 4.07. The summed E-state index contributed by atoms with van der Waals surface area (Å²) in [6, 6.07) is 9.23. The van der Waals surface area contributed by atoms with Crippen molar-refractivity contribution in [3.05, 3.63) is 47.8 Å². The molecule has 2 aromatic rings. The van der Waals surface area contributed by atoms with Crippen molar-refractivity contribution in [2.24, 2.45) is 7.05 Å². The van der Waals surface area contributed by atoms with Gasteiger partial charge in [-0.15, -0.1) is 0 Å². The molecule has 0 saturated heterocycles. The van der Waals surface area contributed by atoms with Gasteiger partial charge in [-0.2, -0.15) is 5.10 Å². The highest BCUT2D eigenvalue weighted by molar-refractivity contribution is 5.98. The second-order valence-corrected chi connectivity index (χ2v) is 4.07. The average molecular weight is 244 g/mol. The monoisotopic (exact) mass is 244 g/mol. The van der Waals surface area contributed by atoms with Crippen LogP contribution in [-0.4, -0.2) is 22.7 Å². The van der Waals surface area contributed by atoms with Gasteiger partial charge in [0.2, 0.25) is 0 Å². The van der Waals surface area contributed by atoms with Crippen LogP contribution in [0.2, 0.25) is 0 Å². The predicted molar refractivity (Wildman–Crippen MR) is 68.9 cm³/mol. The van der Waals surface area contributed by atoms with E-state index in [1.54, 1.807) is 30.1 Å². The molecule has 0 bridgehead atoms. The fourth-order valence-electron chi connectivity index (χ4n) is 1.90. The molecule has 0 saturated carbocycles. The number of carbonyl (C=O) groups is 1. The van der Waals surface area contributed by atoms with E-state index >= 15 is 0 Å². The summed E-state index contributed by atoms with van der Waals surface area (Å²) in [5, 5.41) is 4.08. The lowest BCUT2D eigenvalue weighted by molar-refractivity contribution is 0.0979. The van der Waals surface area contributed by atoms with E-state index in [0.717, 1.165) is 5.69 Å². The van der Waals surface area contributed by atoms with E-state index in [4.69, 9.17) is 4.74 Å². The molecule has 1 aromatic heterocycles. The topological polar surface area (TPSA) is 44.1 Å². The molecule has 18 heavy (non-hydrogen) atoms. The molecule has 94 valence electrons. The molecule has 0 aliphatic carbocycles. The van der Waals surface area contributed by atoms with Crippen molar-refractivity contribution in [1.29, 1.82) is 0 Å². The molecule has 0 fully saturated rings. The number of hydrogen-bond donors (Lipinski definition) is 0. The number of benzene rings is 1. The molecular weight excluding hydrogens is 228 g/mol. The number of rotatable bonds is 5. The fraction of sp³-hybridized carbons (Fsp3) is 0.286. The summed E-state index contributed by atoms with van der Waals surface area (Å²) in [7, 11) is 3.45. The average Bonchev–Trinajstić information content (AvgIpc) is 2.81. The maximum Gasteiger partial charge on any atom is 0.166 e. The Bertz CT molecular complexity index is 546. The second kappa shape index (κ2) is 5.49. The van der Waals surface area contributed by atoms with Gasteiger partial charge in [-0.05, 0) is 24.6 Å². The van der Waals surface area contributed by atoms with E-state index in [2.05, 4.69) is 5.10 Å². The summed E-state index contributed by atoms with van der Waals surface area (Å²) in [6.45, 7) is 0. The molecule has 0 unspecified atom stereocenters. The van der Waals surface area contributed by atoms with Crippen LogP contribution in [0, 0.1) is 0 Å². The van der Waals surface area contributed by atoms with Crippen LogP contribution in [-0.2, 0) is 13.5 Å². The molecular formula is C14H16N2O2. The van der Waals surface area contributed by atoms with Crippen molar-refractivity contribution in [1.82, 2.24) is 9.78 Å². The molecule has 4 nitrogen and oxygen atoms in total. The highest BCUT2D eigenvalue weighted by Gasteiger charge is 2.12. The van der Waals surface area contributed by atoms with Gasteiger partial charge >= 0.3 is 0 Å².